The molecule has 0 unspecified atom stereocenters. The zero-order chi connectivity index (χ0) is 21.7. The van der Waals surface area contributed by atoms with Crippen molar-refractivity contribution in [3.8, 4) is 5.75 Å². The van der Waals surface area contributed by atoms with Crippen LogP contribution in [0.5, 0.6) is 5.75 Å². The van der Waals surface area contributed by atoms with Crippen LogP contribution in [0, 0.1) is 12.3 Å². The molecule has 0 spiro atoms. The number of hydrogen-bond acceptors (Lipinski definition) is 4. The minimum atomic E-state index is -4.78. The van der Waals surface area contributed by atoms with Crippen molar-refractivity contribution in [3.05, 3.63) is 64.9 Å². The summed E-state index contributed by atoms with van der Waals surface area (Å²) in [5.74, 6) is -0.327. The Balaban J connectivity index is 1.84. The molecule has 2 N–H and O–H groups in total. The highest BCUT2D eigenvalue weighted by atomic mass is 19.4. The topological polar surface area (TPSA) is 50.4 Å². The lowest BCUT2D eigenvalue weighted by Crippen LogP contribution is -2.31. The third-order valence-electron chi connectivity index (χ3n) is 5.39. The summed E-state index contributed by atoms with van der Waals surface area (Å²) in [6.45, 7) is 6.04. The molecule has 1 aliphatic heterocycles. The zero-order valence-electron chi connectivity index (χ0n) is 17.0. The van der Waals surface area contributed by atoms with Crippen molar-refractivity contribution in [2.24, 2.45) is 5.41 Å². The summed E-state index contributed by atoms with van der Waals surface area (Å²) in [7, 11) is 0. The number of anilines is 2. The van der Waals surface area contributed by atoms with Crippen LogP contribution in [0.2, 0.25) is 0 Å². The fourth-order valence-electron chi connectivity index (χ4n) is 4.20. The molecule has 2 aliphatic rings. The van der Waals surface area contributed by atoms with Gasteiger partial charge in [-0.25, -0.2) is 0 Å². The molecule has 0 amide bonds. The molecule has 0 aromatic heterocycles. The number of ether oxygens (including phenoxy) is 1. The molecule has 0 saturated heterocycles. The van der Waals surface area contributed by atoms with Crippen LogP contribution in [0.3, 0.4) is 0 Å². The van der Waals surface area contributed by atoms with Crippen LogP contribution in [0.25, 0.3) is 0 Å². The largest absolute Gasteiger partial charge is 0.573 e. The Hall–Kier alpha value is -2.96. The Morgan fingerprint density at radius 1 is 1.07 bits per heavy atom. The van der Waals surface area contributed by atoms with Gasteiger partial charge in [-0.2, -0.15) is 0 Å². The summed E-state index contributed by atoms with van der Waals surface area (Å²) in [5.41, 5.74) is 4.36. The van der Waals surface area contributed by atoms with E-state index in [-0.39, 0.29) is 16.9 Å². The van der Waals surface area contributed by atoms with Crippen molar-refractivity contribution in [2.75, 3.05) is 10.6 Å². The van der Waals surface area contributed by atoms with Gasteiger partial charge in [0, 0.05) is 17.7 Å². The summed E-state index contributed by atoms with van der Waals surface area (Å²) in [6, 6.07) is 11.1. The summed E-state index contributed by atoms with van der Waals surface area (Å²) in [4.78, 5) is 13.2. The first-order valence-corrected chi connectivity index (χ1v) is 9.77. The van der Waals surface area contributed by atoms with E-state index in [1.807, 2.05) is 39.0 Å². The standard InChI is InChI=1S/C23H23F3N2O2/c1-13-7-8-16-17(9-13)28-21(14-5-4-6-15(10-14)30-23(24,25)26)20-18(27-16)11-22(2,3)12-19(20)29/h4-10,21,27-28H,11-12H2,1-3H3/t21-/m0/s1. The molecule has 4 nitrogen and oxygen atoms in total. The van der Waals surface area contributed by atoms with Gasteiger partial charge in [0.15, 0.2) is 5.78 Å². The number of aryl methyl sites for hydroxylation is 1. The third-order valence-corrected chi connectivity index (χ3v) is 5.39. The predicted octanol–water partition coefficient (Wildman–Crippen LogP) is 6.12. The average molecular weight is 416 g/mol. The number of hydrogen-bond donors (Lipinski definition) is 2. The molecule has 1 aliphatic carbocycles. The van der Waals surface area contributed by atoms with Crippen LogP contribution in [-0.4, -0.2) is 12.1 Å². The highest BCUT2D eigenvalue weighted by molar-refractivity contribution is 6.01. The maximum atomic E-state index is 13.2. The smallest absolute Gasteiger partial charge is 0.406 e. The van der Waals surface area contributed by atoms with E-state index < -0.39 is 12.4 Å². The molecule has 2 aromatic carbocycles. The van der Waals surface area contributed by atoms with Gasteiger partial charge in [-0.3, -0.25) is 4.79 Å². The van der Waals surface area contributed by atoms with E-state index in [9.17, 15) is 18.0 Å². The number of nitrogens with one attached hydrogen (secondary N) is 2. The van der Waals surface area contributed by atoms with Crippen molar-refractivity contribution >= 4 is 17.2 Å². The first-order chi connectivity index (χ1) is 14.0. The first-order valence-electron chi connectivity index (χ1n) is 9.77. The van der Waals surface area contributed by atoms with Crippen LogP contribution >= 0.6 is 0 Å². The zero-order valence-corrected chi connectivity index (χ0v) is 17.0. The maximum absolute atomic E-state index is 13.2. The van der Waals surface area contributed by atoms with Crippen molar-refractivity contribution in [2.45, 2.75) is 46.0 Å². The lowest BCUT2D eigenvalue weighted by Gasteiger charge is -2.34. The number of carbonyl (C=O) groups is 1. The van der Waals surface area contributed by atoms with Crippen molar-refractivity contribution in [1.29, 1.82) is 0 Å². The summed E-state index contributed by atoms with van der Waals surface area (Å²) < 4.78 is 42.3. The molecule has 7 heteroatoms. The number of Topliss-reactive ketones (excluding diaryl/α,β-unsaturated/α-hetero) is 1. The first kappa shape index (κ1) is 20.3. The number of fused-ring (bicyclic) bond motifs is 1. The van der Waals surface area contributed by atoms with Crippen LogP contribution in [0.1, 0.15) is 43.9 Å². The Labute approximate surface area is 173 Å². The van der Waals surface area contributed by atoms with Gasteiger partial charge in [-0.1, -0.05) is 32.0 Å². The van der Waals surface area contributed by atoms with Gasteiger partial charge in [0.25, 0.3) is 0 Å². The van der Waals surface area contributed by atoms with Crippen molar-refractivity contribution in [3.63, 3.8) is 0 Å². The highest BCUT2D eigenvalue weighted by Crippen LogP contribution is 2.46. The fourth-order valence-corrected chi connectivity index (χ4v) is 4.20. The molecule has 0 bridgehead atoms. The van der Waals surface area contributed by atoms with E-state index in [4.69, 9.17) is 0 Å². The number of allylic oxidation sites excluding steroid dienone is 1. The molecule has 1 atom stereocenters. The second-order valence-electron chi connectivity index (χ2n) is 8.70. The minimum absolute atomic E-state index is 0.0158. The molecular weight excluding hydrogens is 393 g/mol. The quantitative estimate of drug-likeness (QED) is 0.620. The molecule has 2 aromatic rings. The van der Waals surface area contributed by atoms with E-state index in [0.29, 0.717) is 24.0 Å². The normalized spacial score (nSPS) is 20.5. The van der Waals surface area contributed by atoms with Crippen molar-refractivity contribution in [1.82, 2.24) is 0 Å². The van der Waals surface area contributed by atoms with Gasteiger partial charge < -0.3 is 15.4 Å². The Morgan fingerprint density at radius 3 is 2.57 bits per heavy atom. The van der Waals surface area contributed by atoms with E-state index in [1.54, 1.807) is 6.07 Å². The molecule has 158 valence electrons. The van der Waals surface area contributed by atoms with E-state index in [2.05, 4.69) is 15.4 Å². The second-order valence-corrected chi connectivity index (χ2v) is 8.70. The fraction of sp³-hybridized carbons (Fsp3) is 0.348. The Kier molecular flexibility index (Phi) is 4.79. The van der Waals surface area contributed by atoms with Crippen LogP contribution in [0.4, 0.5) is 24.5 Å². The van der Waals surface area contributed by atoms with Crippen LogP contribution in [-0.2, 0) is 4.79 Å². The Bertz CT molecular complexity index is 1040. The SMILES string of the molecule is Cc1ccc2c(c1)N[C@@H](c1cccc(OC(F)(F)F)c1)C1=C(CC(C)(C)CC1=O)N2. The summed E-state index contributed by atoms with van der Waals surface area (Å²) in [6.07, 6.45) is -3.74. The molecule has 0 saturated carbocycles. The molecule has 0 fully saturated rings. The monoisotopic (exact) mass is 416 g/mol. The molecule has 30 heavy (non-hydrogen) atoms. The summed E-state index contributed by atoms with van der Waals surface area (Å²) in [5, 5.41) is 6.80. The van der Waals surface area contributed by atoms with Gasteiger partial charge in [0.2, 0.25) is 0 Å². The van der Waals surface area contributed by atoms with E-state index >= 15 is 0 Å². The van der Waals surface area contributed by atoms with Gasteiger partial charge in [-0.15, -0.1) is 13.2 Å². The molecule has 0 radical (unpaired) electrons. The average Bonchev–Trinajstić information content (AvgIpc) is 2.75. The molecular formula is C23H23F3N2O2. The molecule has 4 rings (SSSR count). The van der Waals surface area contributed by atoms with Crippen LogP contribution in [0.15, 0.2) is 53.7 Å². The van der Waals surface area contributed by atoms with E-state index in [0.717, 1.165) is 22.6 Å². The van der Waals surface area contributed by atoms with E-state index in [1.165, 1.54) is 18.2 Å². The lowest BCUT2D eigenvalue weighted by atomic mass is 9.73. The predicted molar refractivity (Wildman–Crippen MR) is 109 cm³/mol. The molecule has 1 heterocycles. The maximum Gasteiger partial charge on any atom is 0.573 e. The number of halogens is 3. The van der Waals surface area contributed by atoms with Gasteiger partial charge >= 0.3 is 6.36 Å². The number of carbonyl (C=O) groups excluding carboxylic acids is 1. The second kappa shape index (κ2) is 7.07. The van der Waals surface area contributed by atoms with Crippen molar-refractivity contribution < 1.29 is 22.7 Å². The lowest BCUT2D eigenvalue weighted by molar-refractivity contribution is -0.274. The Morgan fingerprint density at radius 2 is 1.83 bits per heavy atom. The number of alkyl halides is 3. The number of ketones is 1. The summed E-state index contributed by atoms with van der Waals surface area (Å²) >= 11 is 0. The van der Waals surface area contributed by atoms with Gasteiger partial charge in [0.05, 0.1) is 17.4 Å². The number of rotatable bonds is 2. The van der Waals surface area contributed by atoms with Crippen LogP contribution < -0.4 is 15.4 Å². The van der Waals surface area contributed by atoms with Gasteiger partial charge in [-0.05, 0) is 54.2 Å². The highest BCUT2D eigenvalue weighted by Gasteiger charge is 2.39. The third kappa shape index (κ3) is 4.15. The number of benzene rings is 2. The van der Waals surface area contributed by atoms with Gasteiger partial charge in [0.1, 0.15) is 5.75 Å². The minimum Gasteiger partial charge on any atom is -0.406 e.